The van der Waals surface area contributed by atoms with Gasteiger partial charge in [0.05, 0.1) is 5.92 Å². The Morgan fingerprint density at radius 2 is 2.20 bits per heavy atom. The van der Waals surface area contributed by atoms with Gasteiger partial charge >= 0.3 is 5.97 Å². The maximum absolute atomic E-state index is 13.9. The molecule has 2 rings (SSSR count). The van der Waals surface area contributed by atoms with Gasteiger partial charge in [0, 0.05) is 10.6 Å². The lowest BCUT2D eigenvalue weighted by atomic mass is 9.65. The summed E-state index contributed by atoms with van der Waals surface area (Å²) >= 11 is 6.06. The monoisotopic (exact) mass is 298 g/mol. The zero-order valence-corrected chi connectivity index (χ0v) is 12.6. The van der Waals surface area contributed by atoms with Gasteiger partial charge in [-0.2, -0.15) is 0 Å². The predicted molar refractivity (Wildman–Crippen MR) is 77.4 cm³/mol. The lowest BCUT2D eigenvalue weighted by molar-refractivity contribution is -0.146. The van der Waals surface area contributed by atoms with Crippen LogP contribution in [0.4, 0.5) is 4.39 Å². The van der Waals surface area contributed by atoms with Crippen molar-refractivity contribution in [3.63, 3.8) is 0 Å². The molecular formula is C16H20ClFO2. The summed E-state index contributed by atoms with van der Waals surface area (Å²) in [5.74, 6) is -1.59. The van der Waals surface area contributed by atoms with Crippen LogP contribution in [0, 0.1) is 23.1 Å². The molecule has 1 aliphatic carbocycles. The quantitative estimate of drug-likeness (QED) is 0.889. The van der Waals surface area contributed by atoms with Gasteiger partial charge in [-0.1, -0.05) is 31.5 Å². The summed E-state index contributed by atoms with van der Waals surface area (Å²) in [7, 11) is 0. The molecule has 20 heavy (non-hydrogen) atoms. The highest BCUT2D eigenvalue weighted by atomic mass is 35.5. The minimum Gasteiger partial charge on any atom is -0.481 e. The van der Waals surface area contributed by atoms with Crippen molar-refractivity contribution < 1.29 is 14.3 Å². The van der Waals surface area contributed by atoms with Gasteiger partial charge in [0.25, 0.3) is 0 Å². The zero-order chi connectivity index (χ0) is 14.9. The number of halogens is 2. The third kappa shape index (κ3) is 3.32. The molecule has 0 amide bonds. The topological polar surface area (TPSA) is 37.3 Å². The summed E-state index contributed by atoms with van der Waals surface area (Å²) in [4.78, 5) is 11.4. The van der Waals surface area contributed by atoms with E-state index in [0.717, 1.165) is 12.8 Å². The molecule has 1 aliphatic rings. The highest BCUT2D eigenvalue weighted by molar-refractivity contribution is 6.31. The molecule has 1 N–H and O–H groups in total. The van der Waals surface area contributed by atoms with E-state index < -0.39 is 11.9 Å². The first-order valence-corrected chi connectivity index (χ1v) is 7.34. The molecule has 0 aliphatic heterocycles. The number of hydrogen-bond acceptors (Lipinski definition) is 1. The number of carboxylic acids is 1. The first-order valence-electron chi connectivity index (χ1n) is 6.96. The van der Waals surface area contributed by atoms with Crippen molar-refractivity contribution in [2.75, 3.05) is 0 Å². The molecule has 0 spiro atoms. The fourth-order valence-electron chi connectivity index (χ4n) is 3.27. The van der Waals surface area contributed by atoms with E-state index in [0.29, 0.717) is 23.4 Å². The van der Waals surface area contributed by atoms with Crippen molar-refractivity contribution in [3.05, 3.63) is 34.6 Å². The fourth-order valence-corrected chi connectivity index (χ4v) is 3.51. The van der Waals surface area contributed by atoms with E-state index >= 15 is 0 Å². The molecular weight excluding hydrogens is 279 g/mol. The molecule has 2 atom stereocenters. The van der Waals surface area contributed by atoms with E-state index in [1.54, 1.807) is 12.1 Å². The largest absolute Gasteiger partial charge is 0.481 e. The summed E-state index contributed by atoms with van der Waals surface area (Å²) < 4.78 is 13.9. The number of carbonyl (C=O) groups is 1. The average Bonchev–Trinajstić information content (AvgIpc) is 2.32. The van der Waals surface area contributed by atoms with E-state index in [2.05, 4.69) is 13.8 Å². The van der Waals surface area contributed by atoms with Crippen molar-refractivity contribution in [3.8, 4) is 0 Å². The smallest absolute Gasteiger partial charge is 0.306 e. The highest BCUT2D eigenvalue weighted by Crippen LogP contribution is 2.44. The highest BCUT2D eigenvalue weighted by Gasteiger charge is 2.38. The molecule has 0 heterocycles. The Bertz CT molecular complexity index is 493. The molecule has 0 bridgehead atoms. The van der Waals surface area contributed by atoms with E-state index in [9.17, 15) is 14.3 Å². The zero-order valence-electron chi connectivity index (χ0n) is 11.8. The Kier molecular flexibility index (Phi) is 4.38. The summed E-state index contributed by atoms with van der Waals surface area (Å²) in [6.07, 6.45) is 2.73. The molecule has 2 nitrogen and oxygen atoms in total. The second-order valence-electron chi connectivity index (χ2n) is 6.52. The van der Waals surface area contributed by atoms with Crippen LogP contribution in [0.1, 0.15) is 38.7 Å². The fraction of sp³-hybridized carbons (Fsp3) is 0.562. The van der Waals surface area contributed by atoms with Gasteiger partial charge in [-0.3, -0.25) is 4.79 Å². The first kappa shape index (κ1) is 15.3. The van der Waals surface area contributed by atoms with Gasteiger partial charge in [-0.05, 0) is 49.1 Å². The third-order valence-corrected chi connectivity index (χ3v) is 4.72. The molecule has 1 aromatic rings. The normalized spacial score (nSPS) is 25.4. The molecule has 0 saturated heterocycles. The standard InChI is InChI=1S/C16H20ClFO2/c1-16(2)7-6-11(15(19)20)10(9-16)8-12-13(17)4-3-5-14(12)18/h3-5,10-11H,6-9H2,1-2H3,(H,19,20). The van der Waals surface area contributed by atoms with Crippen molar-refractivity contribution in [2.24, 2.45) is 17.3 Å². The van der Waals surface area contributed by atoms with Crippen molar-refractivity contribution in [1.29, 1.82) is 0 Å². The summed E-state index contributed by atoms with van der Waals surface area (Å²) in [5, 5.41) is 9.76. The molecule has 0 aromatic heterocycles. The lowest BCUT2D eigenvalue weighted by Crippen LogP contribution is -2.35. The van der Waals surface area contributed by atoms with Gasteiger partial charge in [0.1, 0.15) is 5.82 Å². The Labute approximate surface area is 123 Å². The molecule has 4 heteroatoms. The Morgan fingerprint density at radius 3 is 2.80 bits per heavy atom. The molecule has 2 unspecified atom stereocenters. The minimum atomic E-state index is -0.780. The van der Waals surface area contributed by atoms with Crippen LogP contribution >= 0.6 is 11.6 Å². The SMILES string of the molecule is CC1(C)CCC(C(=O)O)C(Cc2c(F)cccc2Cl)C1. The van der Waals surface area contributed by atoms with Crippen molar-refractivity contribution >= 4 is 17.6 Å². The van der Waals surface area contributed by atoms with Gasteiger partial charge < -0.3 is 5.11 Å². The Morgan fingerprint density at radius 1 is 1.50 bits per heavy atom. The van der Waals surface area contributed by atoms with E-state index in [1.165, 1.54) is 6.07 Å². The molecule has 1 saturated carbocycles. The van der Waals surface area contributed by atoms with Gasteiger partial charge in [-0.15, -0.1) is 0 Å². The van der Waals surface area contributed by atoms with Crippen LogP contribution in [0.5, 0.6) is 0 Å². The third-order valence-electron chi connectivity index (χ3n) is 4.36. The van der Waals surface area contributed by atoms with Crippen LogP contribution < -0.4 is 0 Å². The van der Waals surface area contributed by atoms with Gasteiger partial charge in [-0.25, -0.2) is 4.39 Å². The van der Waals surface area contributed by atoms with Gasteiger partial charge in [0.15, 0.2) is 0 Å². The van der Waals surface area contributed by atoms with Gasteiger partial charge in [0.2, 0.25) is 0 Å². The molecule has 1 fully saturated rings. The molecule has 0 radical (unpaired) electrons. The van der Waals surface area contributed by atoms with Crippen molar-refractivity contribution in [2.45, 2.75) is 39.5 Å². The molecule has 1 aromatic carbocycles. The Hall–Kier alpha value is -1.09. The van der Waals surface area contributed by atoms with Crippen LogP contribution in [0.3, 0.4) is 0 Å². The number of carboxylic acid groups (broad SMARTS) is 1. The number of rotatable bonds is 3. The first-order chi connectivity index (χ1) is 9.30. The average molecular weight is 299 g/mol. The van der Waals surface area contributed by atoms with Crippen LogP contribution in [-0.4, -0.2) is 11.1 Å². The van der Waals surface area contributed by atoms with Crippen LogP contribution in [0.25, 0.3) is 0 Å². The van der Waals surface area contributed by atoms with Crippen LogP contribution in [0.15, 0.2) is 18.2 Å². The van der Waals surface area contributed by atoms with E-state index in [1.807, 2.05) is 0 Å². The Balaban J connectivity index is 2.25. The van der Waals surface area contributed by atoms with Crippen LogP contribution in [-0.2, 0) is 11.2 Å². The van der Waals surface area contributed by atoms with E-state index in [4.69, 9.17) is 11.6 Å². The number of aliphatic carboxylic acids is 1. The maximum atomic E-state index is 13.9. The molecule has 110 valence electrons. The summed E-state index contributed by atoms with van der Waals surface area (Å²) in [6.45, 7) is 4.28. The van der Waals surface area contributed by atoms with Crippen molar-refractivity contribution in [1.82, 2.24) is 0 Å². The van der Waals surface area contributed by atoms with E-state index in [-0.39, 0.29) is 17.2 Å². The minimum absolute atomic E-state index is 0.0642. The summed E-state index contributed by atoms with van der Waals surface area (Å²) in [6, 6.07) is 4.61. The predicted octanol–water partition coefficient (Wildman–Crippen LogP) is 4.55. The van der Waals surface area contributed by atoms with Crippen LogP contribution in [0.2, 0.25) is 5.02 Å². The second-order valence-corrected chi connectivity index (χ2v) is 6.92. The summed E-state index contributed by atoms with van der Waals surface area (Å²) in [5.41, 5.74) is 0.553. The maximum Gasteiger partial charge on any atom is 0.306 e. The number of benzene rings is 1. The lowest BCUT2D eigenvalue weighted by Gasteiger charge is -2.39. The second kappa shape index (κ2) is 5.72. The number of hydrogen-bond donors (Lipinski definition) is 1.